The SMILES string of the molecule is CC(C)C[C@H](NC(=O)N1c2ccccc2NC(=O)[C@@H]1C(C)C)C(=O)N[C@H](C(=O)O)C(C)C. The van der Waals surface area contributed by atoms with Crippen LogP contribution >= 0.6 is 0 Å². The van der Waals surface area contributed by atoms with Gasteiger partial charge in [0.05, 0.1) is 11.4 Å². The van der Waals surface area contributed by atoms with E-state index in [-0.39, 0.29) is 23.7 Å². The molecule has 1 aliphatic rings. The Hall–Kier alpha value is -3.10. The quantitative estimate of drug-likeness (QED) is 0.488. The van der Waals surface area contributed by atoms with Gasteiger partial charge < -0.3 is 21.1 Å². The number of urea groups is 1. The number of hydrogen-bond acceptors (Lipinski definition) is 4. The summed E-state index contributed by atoms with van der Waals surface area (Å²) in [5, 5.41) is 17.5. The average Bonchev–Trinajstić information content (AvgIpc) is 2.68. The Morgan fingerprint density at radius 2 is 1.69 bits per heavy atom. The third kappa shape index (κ3) is 5.77. The molecule has 2 rings (SSSR count). The fourth-order valence-corrected chi connectivity index (χ4v) is 3.79. The maximum Gasteiger partial charge on any atom is 0.326 e. The van der Waals surface area contributed by atoms with E-state index in [1.165, 1.54) is 4.90 Å². The number of fused-ring (bicyclic) bond motifs is 1. The minimum absolute atomic E-state index is 0.0613. The fraction of sp³-hybridized carbons (Fsp3) is 0.565. The summed E-state index contributed by atoms with van der Waals surface area (Å²) in [7, 11) is 0. The van der Waals surface area contributed by atoms with Crippen LogP contribution < -0.4 is 20.9 Å². The molecule has 0 radical (unpaired) electrons. The number of rotatable bonds is 8. The molecule has 0 fully saturated rings. The summed E-state index contributed by atoms with van der Waals surface area (Å²) in [5.41, 5.74) is 1.05. The highest BCUT2D eigenvalue weighted by atomic mass is 16.4. The standard InChI is InChI=1S/C23H34N4O5/c1-12(2)11-16(20(28)26-18(13(3)4)22(30)31)25-23(32)27-17-10-8-7-9-15(17)24-21(29)19(27)14(5)6/h7-10,12-14,16,18-19H,11H2,1-6H3,(H,24,29)(H,25,32)(H,26,28)(H,30,31)/t16-,18-,19-/m0/s1. The number of aliphatic carboxylic acids is 1. The Balaban J connectivity index is 2.34. The van der Waals surface area contributed by atoms with Crippen LogP contribution in [0.2, 0.25) is 0 Å². The van der Waals surface area contributed by atoms with E-state index in [9.17, 15) is 24.3 Å². The molecule has 9 nitrogen and oxygen atoms in total. The topological polar surface area (TPSA) is 128 Å². The first-order valence-corrected chi connectivity index (χ1v) is 11.0. The molecule has 4 N–H and O–H groups in total. The number of nitrogens with one attached hydrogen (secondary N) is 3. The van der Waals surface area contributed by atoms with Crippen LogP contribution in [0.25, 0.3) is 0 Å². The van der Waals surface area contributed by atoms with Crippen molar-refractivity contribution < 1.29 is 24.3 Å². The van der Waals surface area contributed by atoms with Gasteiger partial charge in [0.15, 0.2) is 0 Å². The van der Waals surface area contributed by atoms with E-state index in [1.807, 2.05) is 27.7 Å². The van der Waals surface area contributed by atoms with Crippen molar-refractivity contribution in [3.63, 3.8) is 0 Å². The van der Waals surface area contributed by atoms with E-state index >= 15 is 0 Å². The van der Waals surface area contributed by atoms with Crippen LogP contribution in [0.4, 0.5) is 16.2 Å². The number of carbonyl (C=O) groups excluding carboxylic acids is 3. The van der Waals surface area contributed by atoms with Gasteiger partial charge in [-0.2, -0.15) is 0 Å². The number of nitrogens with zero attached hydrogens (tertiary/aromatic N) is 1. The van der Waals surface area contributed by atoms with Crippen molar-refractivity contribution in [1.29, 1.82) is 0 Å². The van der Waals surface area contributed by atoms with Gasteiger partial charge in [-0.15, -0.1) is 0 Å². The molecule has 1 aromatic rings. The van der Waals surface area contributed by atoms with Crippen molar-refractivity contribution in [3.8, 4) is 0 Å². The minimum Gasteiger partial charge on any atom is -0.480 e. The summed E-state index contributed by atoms with van der Waals surface area (Å²) < 4.78 is 0. The lowest BCUT2D eigenvalue weighted by molar-refractivity contribution is -0.143. The molecule has 1 heterocycles. The molecule has 0 aliphatic carbocycles. The fourth-order valence-electron chi connectivity index (χ4n) is 3.79. The van der Waals surface area contributed by atoms with E-state index in [0.717, 1.165) is 0 Å². The number of carbonyl (C=O) groups is 4. The normalized spacial score (nSPS) is 17.6. The van der Waals surface area contributed by atoms with Crippen molar-refractivity contribution in [3.05, 3.63) is 24.3 Å². The molecule has 4 amide bonds. The summed E-state index contributed by atoms with van der Waals surface area (Å²) in [6, 6.07) is 3.62. The van der Waals surface area contributed by atoms with Gasteiger partial charge in [0.2, 0.25) is 11.8 Å². The van der Waals surface area contributed by atoms with Gasteiger partial charge in [-0.3, -0.25) is 14.5 Å². The Morgan fingerprint density at radius 3 is 2.22 bits per heavy atom. The van der Waals surface area contributed by atoms with Crippen LogP contribution in [0.1, 0.15) is 48.0 Å². The van der Waals surface area contributed by atoms with Gasteiger partial charge in [0.1, 0.15) is 18.1 Å². The molecule has 0 saturated carbocycles. The van der Waals surface area contributed by atoms with Crippen LogP contribution in [-0.4, -0.2) is 47.0 Å². The molecule has 32 heavy (non-hydrogen) atoms. The highest BCUT2D eigenvalue weighted by Gasteiger charge is 2.40. The van der Waals surface area contributed by atoms with Crippen LogP contribution in [0.15, 0.2) is 24.3 Å². The molecule has 1 aromatic carbocycles. The van der Waals surface area contributed by atoms with Gasteiger partial charge >= 0.3 is 12.0 Å². The van der Waals surface area contributed by atoms with Crippen LogP contribution in [0, 0.1) is 17.8 Å². The second kappa shape index (κ2) is 10.5. The van der Waals surface area contributed by atoms with Crippen LogP contribution in [-0.2, 0) is 14.4 Å². The number of anilines is 2. The molecule has 0 spiro atoms. The monoisotopic (exact) mass is 446 g/mol. The Bertz CT molecular complexity index is 868. The Kier molecular flexibility index (Phi) is 8.24. The third-order valence-electron chi connectivity index (χ3n) is 5.37. The Morgan fingerprint density at radius 1 is 1.06 bits per heavy atom. The first kappa shape index (κ1) is 25.2. The molecule has 3 atom stereocenters. The Labute approximate surface area is 188 Å². The summed E-state index contributed by atoms with van der Waals surface area (Å²) in [4.78, 5) is 52.0. The van der Waals surface area contributed by atoms with Gasteiger partial charge in [0, 0.05) is 0 Å². The van der Waals surface area contributed by atoms with E-state index in [2.05, 4.69) is 16.0 Å². The molecular weight excluding hydrogens is 412 g/mol. The molecule has 9 heteroatoms. The lowest BCUT2D eigenvalue weighted by atomic mass is 9.97. The minimum atomic E-state index is -1.13. The summed E-state index contributed by atoms with van der Waals surface area (Å²) >= 11 is 0. The maximum absolute atomic E-state index is 13.4. The zero-order valence-corrected chi connectivity index (χ0v) is 19.5. The van der Waals surface area contributed by atoms with Gasteiger partial charge in [0.25, 0.3) is 0 Å². The zero-order valence-electron chi connectivity index (χ0n) is 19.5. The molecular formula is C23H34N4O5. The van der Waals surface area contributed by atoms with Crippen molar-refractivity contribution in [2.75, 3.05) is 10.2 Å². The number of benzene rings is 1. The molecule has 0 aromatic heterocycles. The maximum atomic E-state index is 13.4. The predicted molar refractivity (Wildman–Crippen MR) is 122 cm³/mol. The summed E-state index contributed by atoms with van der Waals surface area (Å²) in [5.74, 6) is -2.44. The number of carboxylic acid groups (broad SMARTS) is 1. The molecule has 0 saturated heterocycles. The summed E-state index contributed by atoms with van der Waals surface area (Å²) in [6.07, 6.45) is 0.316. The second-order valence-electron chi connectivity index (χ2n) is 9.27. The second-order valence-corrected chi connectivity index (χ2v) is 9.27. The van der Waals surface area contributed by atoms with Crippen LogP contribution in [0.5, 0.6) is 0 Å². The van der Waals surface area contributed by atoms with Crippen molar-refractivity contribution >= 4 is 35.2 Å². The molecule has 176 valence electrons. The molecule has 0 unspecified atom stereocenters. The average molecular weight is 447 g/mol. The van der Waals surface area contributed by atoms with Crippen molar-refractivity contribution in [2.24, 2.45) is 17.8 Å². The smallest absolute Gasteiger partial charge is 0.326 e. The lowest BCUT2D eigenvalue weighted by Gasteiger charge is -2.39. The van der Waals surface area contributed by atoms with Crippen molar-refractivity contribution in [2.45, 2.75) is 66.1 Å². The van der Waals surface area contributed by atoms with E-state index in [1.54, 1.807) is 38.1 Å². The van der Waals surface area contributed by atoms with Crippen molar-refractivity contribution in [1.82, 2.24) is 10.6 Å². The van der Waals surface area contributed by atoms with Gasteiger partial charge in [-0.05, 0) is 36.3 Å². The lowest BCUT2D eigenvalue weighted by Crippen LogP contribution is -2.60. The van der Waals surface area contributed by atoms with E-state index < -0.39 is 36.0 Å². The van der Waals surface area contributed by atoms with E-state index in [0.29, 0.717) is 17.8 Å². The van der Waals surface area contributed by atoms with E-state index in [4.69, 9.17) is 0 Å². The molecule has 0 bridgehead atoms. The number of carboxylic acids is 1. The zero-order chi connectivity index (χ0) is 24.2. The predicted octanol–water partition coefficient (Wildman–Crippen LogP) is 2.82. The number of amides is 4. The highest BCUT2D eigenvalue weighted by Crippen LogP contribution is 2.34. The third-order valence-corrected chi connectivity index (χ3v) is 5.37. The number of hydrogen-bond donors (Lipinski definition) is 4. The highest BCUT2D eigenvalue weighted by molar-refractivity contribution is 6.12. The van der Waals surface area contributed by atoms with Gasteiger partial charge in [-0.25, -0.2) is 9.59 Å². The first-order chi connectivity index (χ1) is 14.9. The van der Waals surface area contributed by atoms with Crippen LogP contribution in [0.3, 0.4) is 0 Å². The largest absolute Gasteiger partial charge is 0.480 e. The summed E-state index contributed by atoms with van der Waals surface area (Å²) in [6.45, 7) is 10.9. The molecule has 1 aliphatic heterocycles. The number of para-hydroxylation sites is 2. The first-order valence-electron chi connectivity index (χ1n) is 11.0. The van der Waals surface area contributed by atoms with Gasteiger partial charge in [-0.1, -0.05) is 53.7 Å².